The van der Waals surface area contributed by atoms with Crippen LogP contribution in [0.5, 0.6) is 0 Å². The molecule has 0 amide bonds. The Balaban J connectivity index is 2.40. The first-order chi connectivity index (χ1) is 8.95. The fourth-order valence-electron chi connectivity index (χ4n) is 2.15. The van der Waals surface area contributed by atoms with Crippen molar-refractivity contribution >= 4 is 16.6 Å². The standard InChI is InChI=1S/C15H18N2OS/c1-15(2,19(17)18)9-14(13-8-12(13)10-16)11-6-4-3-5-7-11/h3-7,9,12-13H,8,17H2,1-2H3/t12-,13+,19?/m0/s1. The van der Waals surface area contributed by atoms with E-state index in [0.717, 1.165) is 17.6 Å². The van der Waals surface area contributed by atoms with E-state index in [-0.39, 0.29) is 11.8 Å². The Morgan fingerprint density at radius 3 is 2.58 bits per heavy atom. The molecule has 100 valence electrons. The molecule has 4 heteroatoms. The van der Waals surface area contributed by atoms with Gasteiger partial charge < -0.3 is 0 Å². The Bertz CT molecular complexity index is 557. The molecule has 1 aliphatic carbocycles. The first-order valence-electron chi connectivity index (χ1n) is 6.30. The lowest BCUT2D eigenvalue weighted by Crippen LogP contribution is -2.30. The smallest absolute Gasteiger partial charge is 0.0984 e. The van der Waals surface area contributed by atoms with Crippen LogP contribution in [-0.4, -0.2) is 8.96 Å². The minimum atomic E-state index is -1.43. The molecule has 1 aromatic carbocycles. The zero-order chi connectivity index (χ0) is 14.0. The van der Waals surface area contributed by atoms with E-state index in [1.54, 1.807) is 0 Å². The number of rotatable bonds is 4. The summed E-state index contributed by atoms with van der Waals surface area (Å²) in [6.07, 6.45) is 2.85. The zero-order valence-corrected chi connectivity index (χ0v) is 12.0. The highest BCUT2D eigenvalue weighted by atomic mass is 32.2. The second kappa shape index (κ2) is 5.28. The summed E-state index contributed by atoms with van der Waals surface area (Å²) in [6, 6.07) is 12.3. The van der Waals surface area contributed by atoms with Crippen molar-refractivity contribution in [2.24, 2.45) is 17.0 Å². The molecule has 1 aromatic rings. The first-order valence-corrected chi connectivity index (χ1v) is 7.51. The molecule has 1 aliphatic rings. The van der Waals surface area contributed by atoms with Gasteiger partial charge >= 0.3 is 0 Å². The Labute approximate surface area is 116 Å². The summed E-state index contributed by atoms with van der Waals surface area (Å²) in [5.41, 5.74) is 2.18. The van der Waals surface area contributed by atoms with Crippen molar-refractivity contribution in [3.8, 4) is 6.07 Å². The van der Waals surface area contributed by atoms with Crippen LogP contribution in [0.3, 0.4) is 0 Å². The van der Waals surface area contributed by atoms with Gasteiger partial charge in [-0.1, -0.05) is 36.4 Å². The van der Waals surface area contributed by atoms with Crippen LogP contribution in [0, 0.1) is 23.2 Å². The van der Waals surface area contributed by atoms with Crippen molar-refractivity contribution in [2.45, 2.75) is 25.0 Å². The van der Waals surface area contributed by atoms with Crippen molar-refractivity contribution < 1.29 is 4.21 Å². The number of nitriles is 1. The van der Waals surface area contributed by atoms with Crippen LogP contribution in [0.15, 0.2) is 36.4 Å². The lowest BCUT2D eigenvalue weighted by Gasteiger charge is -2.19. The monoisotopic (exact) mass is 274 g/mol. The predicted octanol–water partition coefficient (Wildman–Crippen LogP) is 2.63. The molecular formula is C15H18N2OS. The lowest BCUT2D eigenvalue weighted by atomic mass is 9.96. The number of benzene rings is 1. The quantitative estimate of drug-likeness (QED) is 0.917. The SMILES string of the molecule is CC(C)(C=C(c1ccccc1)[C@@H]1C[C@H]1C#N)S(N)=O. The summed E-state index contributed by atoms with van der Waals surface area (Å²) in [4.78, 5) is 0. The van der Waals surface area contributed by atoms with Gasteiger partial charge in [-0.2, -0.15) is 5.26 Å². The van der Waals surface area contributed by atoms with E-state index in [9.17, 15) is 4.21 Å². The first kappa shape index (κ1) is 14.0. The number of nitrogens with two attached hydrogens (primary N) is 1. The van der Waals surface area contributed by atoms with Gasteiger partial charge in [-0.3, -0.25) is 5.14 Å². The van der Waals surface area contributed by atoms with Gasteiger partial charge in [-0.25, -0.2) is 4.21 Å². The Hall–Kier alpha value is -1.44. The molecule has 0 radical (unpaired) electrons. The fraction of sp³-hybridized carbons (Fsp3) is 0.400. The molecular weight excluding hydrogens is 256 g/mol. The van der Waals surface area contributed by atoms with Gasteiger partial charge in [0, 0.05) is 5.92 Å². The average molecular weight is 274 g/mol. The molecule has 2 N–H and O–H groups in total. The molecule has 0 bridgehead atoms. The van der Waals surface area contributed by atoms with Crippen LogP contribution in [0.2, 0.25) is 0 Å². The van der Waals surface area contributed by atoms with E-state index < -0.39 is 15.7 Å². The highest BCUT2D eigenvalue weighted by Crippen LogP contribution is 2.48. The Morgan fingerprint density at radius 1 is 1.47 bits per heavy atom. The topological polar surface area (TPSA) is 66.9 Å². The summed E-state index contributed by atoms with van der Waals surface area (Å²) in [6.45, 7) is 3.71. The number of hydrogen-bond donors (Lipinski definition) is 1. The van der Waals surface area contributed by atoms with E-state index in [2.05, 4.69) is 6.07 Å². The Kier molecular flexibility index (Phi) is 3.88. The van der Waals surface area contributed by atoms with E-state index in [0.29, 0.717) is 0 Å². The molecule has 1 fully saturated rings. The molecule has 0 heterocycles. The van der Waals surface area contributed by atoms with Gasteiger partial charge in [0.1, 0.15) is 0 Å². The van der Waals surface area contributed by atoms with Gasteiger partial charge in [0.2, 0.25) is 0 Å². The maximum atomic E-state index is 11.6. The molecule has 3 atom stereocenters. The number of allylic oxidation sites excluding steroid dienone is 1. The molecule has 1 unspecified atom stereocenters. The maximum absolute atomic E-state index is 11.6. The van der Waals surface area contributed by atoms with Crippen LogP contribution in [0.25, 0.3) is 5.57 Å². The third-order valence-corrected chi connectivity index (χ3v) is 4.64. The van der Waals surface area contributed by atoms with E-state index in [1.165, 1.54) is 0 Å². The molecule has 1 saturated carbocycles. The summed E-state index contributed by atoms with van der Waals surface area (Å²) in [7, 11) is -1.43. The second-order valence-electron chi connectivity index (χ2n) is 5.44. The number of hydrogen-bond acceptors (Lipinski definition) is 2. The van der Waals surface area contributed by atoms with Crippen LogP contribution in [0.4, 0.5) is 0 Å². The van der Waals surface area contributed by atoms with Crippen LogP contribution < -0.4 is 5.14 Å². The second-order valence-corrected chi connectivity index (χ2v) is 7.09. The molecule has 0 aromatic heterocycles. The van der Waals surface area contributed by atoms with Crippen molar-refractivity contribution in [3.05, 3.63) is 42.0 Å². The molecule has 0 spiro atoms. The summed E-state index contributed by atoms with van der Waals surface area (Å²) in [5.74, 6) is 0.323. The van der Waals surface area contributed by atoms with E-state index in [4.69, 9.17) is 10.4 Å². The highest BCUT2D eigenvalue weighted by Gasteiger charge is 2.41. The van der Waals surface area contributed by atoms with Crippen molar-refractivity contribution in [2.75, 3.05) is 0 Å². The van der Waals surface area contributed by atoms with Crippen LogP contribution in [-0.2, 0) is 11.0 Å². The Morgan fingerprint density at radius 2 is 2.11 bits per heavy atom. The van der Waals surface area contributed by atoms with Gasteiger partial charge in [-0.05, 0) is 31.4 Å². The average Bonchev–Trinajstić information content (AvgIpc) is 3.16. The summed E-state index contributed by atoms with van der Waals surface area (Å²) >= 11 is 0. The third kappa shape index (κ3) is 3.12. The van der Waals surface area contributed by atoms with Crippen molar-refractivity contribution in [1.82, 2.24) is 0 Å². The minimum Gasteiger partial charge on any atom is -0.251 e. The maximum Gasteiger partial charge on any atom is 0.0984 e. The summed E-state index contributed by atoms with van der Waals surface area (Å²) in [5, 5.41) is 14.6. The molecule has 0 saturated heterocycles. The largest absolute Gasteiger partial charge is 0.251 e. The molecule has 2 rings (SSSR count). The van der Waals surface area contributed by atoms with Crippen LogP contribution in [0.1, 0.15) is 25.8 Å². The molecule has 19 heavy (non-hydrogen) atoms. The van der Waals surface area contributed by atoms with Crippen molar-refractivity contribution in [3.63, 3.8) is 0 Å². The fourth-order valence-corrected chi connectivity index (χ4v) is 2.39. The third-order valence-electron chi connectivity index (χ3n) is 3.48. The van der Waals surface area contributed by atoms with Gasteiger partial charge in [0.25, 0.3) is 0 Å². The summed E-state index contributed by atoms with van der Waals surface area (Å²) < 4.78 is 11.0. The highest BCUT2D eigenvalue weighted by molar-refractivity contribution is 7.84. The van der Waals surface area contributed by atoms with Gasteiger partial charge in [0.15, 0.2) is 0 Å². The van der Waals surface area contributed by atoms with Crippen LogP contribution >= 0.6 is 0 Å². The molecule has 3 nitrogen and oxygen atoms in total. The number of nitrogens with zero attached hydrogens (tertiary/aromatic N) is 1. The van der Waals surface area contributed by atoms with Gasteiger partial charge in [0.05, 0.1) is 27.7 Å². The minimum absolute atomic E-state index is 0.0773. The van der Waals surface area contributed by atoms with Gasteiger partial charge in [-0.15, -0.1) is 0 Å². The van der Waals surface area contributed by atoms with Crippen molar-refractivity contribution in [1.29, 1.82) is 5.26 Å². The normalized spacial score (nSPS) is 24.6. The van der Waals surface area contributed by atoms with E-state index in [1.807, 2.05) is 50.3 Å². The molecule has 0 aliphatic heterocycles. The predicted molar refractivity (Wildman–Crippen MR) is 78.0 cm³/mol. The zero-order valence-electron chi connectivity index (χ0n) is 11.2. The van der Waals surface area contributed by atoms with E-state index >= 15 is 0 Å². The lowest BCUT2D eigenvalue weighted by molar-refractivity contribution is 0.664.